The lowest BCUT2D eigenvalue weighted by atomic mass is 9.77. The van der Waals surface area contributed by atoms with Crippen LogP contribution in [0.25, 0.3) is 0 Å². The van der Waals surface area contributed by atoms with E-state index in [1.165, 1.54) is 16.1 Å². The number of carbonyl (C=O) groups excluding carboxylic acids is 1. The number of amides is 1. The van der Waals surface area contributed by atoms with E-state index in [4.69, 9.17) is 0 Å². The number of rotatable bonds is 1. The van der Waals surface area contributed by atoms with Crippen LogP contribution < -0.4 is 0 Å². The molecule has 1 aliphatic heterocycles. The molecule has 21 heavy (non-hydrogen) atoms. The summed E-state index contributed by atoms with van der Waals surface area (Å²) in [5.41, 5.74) is 2.74. The highest BCUT2D eigenvalue weighted by molar-refractivity contribution is 7.13. The summed E-state index contributed by atoms with van der Waals surface area (Å²) in [6.07, 6.45) is 6.42. The number of carbonyl (C=O) groups is 1. The van der Waals surface area contributed by atoms with Gasteiger partial charge < -0.3 is 4.90 Å². The zero-order valence-electron chi connectivity index (χ0n) is 12.2. The van der Waals surface area contributed by atoms with E-state index in [0.29, 0.717) is 0 Å². The van der Waals surface area contributed by atoms with E-state index in [9.17, 15) is 4.79 Å². The number of hydrogen-bond donors (Lipinski definition) is 1. The molecule has 5 heteroatoms. The Balaban J connectivity index is 1.60. The number of likely N-dealkylation sites (tertiary alicyclic amines) is 1. The van der Waals surface area contributed by atoms with Gasteiger partial charge in [-0.3, -0.25) is 9.89 Å². The van der Waals surface area contributed by atoms with Gasteiger partial charge in [0.15, 0.2) is 0 Å². The Hall–Kier alpha value is -1.62. The fraction of sp³-hybridized carbons (Fsp3) is 0.500. The lowest BCUT2D eigenvalue weighted by molar-refractivity contribution is 0.0638. The molecule has 0 saturated carbocycles. The van der Waals surface area contributed by atoms with Crippen molar-refractivity contribution < 1.29 is 4.79 Å². The molecule has 0 radical (unpaired) electrons. The predicted molar refractivity (Wildman–Crippen MR) is 82.8 cm³/mol. The lowest BCUT2D eigenvalue weighted by Gasteiger charge is -2.40. The van der Waals surface area contributed by atoms with Crippen molar-refractivity contribution in [3.8, 4) is 0 Å². The van der Waals surface area contributed by atoms with Crippen LogP contribution in [-0.4, -0.2) is 34.1 Å². The van der Waals surface area contributed by atoms with Crippen molar-refractivity contribution in [1.82, 2.24) is 15.1 Å². The number of aromatic nitrogens is 2. The summed E-state index contributed by atoms with van der Waals surface area (Å²) in [7, 11) is 0. The number of H-pyrrole nitrogens is 1. The molecule has 1 unspecified atom stereocenters. The summed E-state index contributed by atoms with van der Waals surface area (Å²) in [5, 5.41) is 7.39. The fourth-order valence-corrected chi connectivity index (χ4v) is 4.71. The number of thiophene rings is 1. The zero-order chi connectivity index (χ0) is 14.4. The van der Waals surface area contributed by atoms with E-state index in [1.807, 2.05) is 30.2 Å². The molecule has 4 nitrogen and oxygen atoms in total. The molecule has 1 saturated heterocycles. The molecule has 2 aliphatic rings. The topological polar surface area (TPSA) is 49.0 Å². The minimum Gasteiger partial charge on any atom is -0.337 e. The summed E-state index contributed by atoms with van der Waals surface area (Å²) in [4.78, 5) is 16.8. The van der Waals surface area contributed by atoms with Gasteiger partial charge in [0.05, 0.1) is 11.1 Å². The van der Waals surface area contributed by atoms with E-state index in [2.05, 4.69) is 10.2 Å². The van der Waals surface area contributed by atoms with Crippen LogP contribution in [0.4, 0.5) is 0 Å². The van der Waals surface area contributed by atoms with Gasteiger partial charge in [0.1, 0.15) is 0 Å². The van der Waals surface area contributed by atoms with Crippen LogP contribution in [0.2, 0.25) is 0 Å². The summed E-state index contributed by atoms with van der Waals surface area (Å²) in [6.45, 7) is 3.76. The molecule has 1 fully saturated rings. The molecule has 3 heterocycles. The highest BCUT2D eigenvalue weighted by Crippen LogP contribution is 2.44. The monoisotopic (exact) mass is 301 g/mol. The third kappa shape index (κ3) is 2.02. The van der Waals surface area contributed by atoms with Gasteiger partial charge in [0, 0.05) is 29.1 Å². The predicted octanol–water partition coefficient (Wildman–Crippen LogP) is 2.90. The standard InChI is InChI=1S/C16H19N3OS/c1-11-3-4-13(21-11)15(20)19-8-2-6-16(10-19)7-5-12-9-17-18-14(12)16/h3-4,9H,2,5-8,10H2,1H3,(H,17,18). The SMILES string of the molecule is Cc1ccc(C(=O)N2CCCC3(CCc4cn[nH]c43)C2)s1. The molecular weight excluding hydrogens is 282 g/mol. The van der Waals surface area contributed by atoms with E-state index in [0.717, 1.165) is 43.6 Å². The minimum atomic E-state index is 0.117. The average molecular weight is 301 g/mol. The average Bonchev–Trinajstić information content (AvgIpc) is 3.18. The first-order valence-electron chi connectivity index (χ1n) is 7.56. The first-order valence-corrected chi connectivity index (χ1v) is 8.38. The van der Waals surface area contributed by atoms with Crippen molar-refractivity contribution in [3.05, 3.63) is 39.3 Å². The number of aromatic amines is 1. The molecule has 1 aliphatic carbocycles. The maximum atomic E-state index is 12.7. The van der Waals surface area contributed by atoms with Gasteiger partial charge in [-0.15, -0.1) is 11.3 Å². The van der Waals surface area contributed by atoms with Crippen LogP contribution in [0.1, 0.15) is 45.1 Å². The maximum Gasteiger partial charge on any atom is 0.263 e. The Labute approximate surface area is 128 Å². The fourth-order valence-electron chi connectivity index (χ4n) is 3.88. The molecule has 1 atom stereocenters. The molecule has 110 valence electrons. The Morgan fingerprint density at radius 1 is 1.43 bits per heavy atom. The van der Waals surface area contributed by atoms with Crippen molar-refractivity contribution in [2.75, 3.05) is 13.1 Å². The molecule has 1 spiro atoms. The molecule has 2 aromatic heterocycles. The van der Waals surface area contributed by atoms with Crippen LogP contribution in [0.3, 0.4) is 0 Å². The summed E-state index contributed by atoms with van der Waals surface area (Å²) in [6, 6.07) is 3.99. The second-order valence-corrected chi connectivity index (χ2v) is 7.58. The van der Waals surface area contributed by atoms with Crippen molar-refractivity contribution >= 4 is 17.2 Å². The summed E-state index contributed by atoms with van der Waals surface area (Å²) >= 11 is 1.60. The molecule has 1 amide bonds. The third-order valence-corrected chi connectivity index (χ3v) is 5.92. The zero-order valence-corrected chi connectivity index (χ0v) is 13.0. The Bertz CT molecular complexity index is 689. The highest BCUT2D eigenvalue weighted by atomic mass is 32.1. The highest BCUT2D eigenvalue weighted by Gasteiger charge is 2.44. The Kier molecular flexibility index (Phi) is 2.92. The van der Waals surface area contributed by atoms with Crippen molar-refractivity contribution in [2.24, 2.45) is 0 Å². The van der Waals surface area contributed by atoms with Gasteiger partial charge >= 0.3 is 0 Å². The Morgan fingerprint density at radius 2 is 2.33 bits per heavy atom. The van der Waals surface area contributed by atoms with Crippen molar-refractivity contribution in [1.29, 1.82) is 0 Å². The number of piperidine rings is 1. The van der Waals surface area contributed by atoms with Crippen LogP contribution in [0.15, 0.2) is 18.3 Å². The smallest absolute Gasteiger partial charge is 0.263 e. The van der Waals surface area contributed by atoms with Gasteiger partial charge in [-0.1, -0.05) is 0 Å². The maximum absolute atomic E-state index is 12.7. The summed E-state index contributed by atoms with van der Waals surface area (Å²) in [5.74, 6) is 0.195. The van der Waals surface area contributed by atoms with Crippen LogP contribution in [0.5, 0.6) is 0 Å². The third-order valence-electron chi connectivity index (χ3n) is 4.94. The first kappa shape index (κ1) is 13.1. The van der Waals surface area contributed by atoms with Crippen LogP contribution >= 0.6 is 11.3 Å². The van der Waals surface area contributed by atoms with Crippen molar-refractivity contribution in [3.63, 3.8) is 0 Å². The normalized spacial score (nSPS) is 24.5. The largest absolute Gasteiger partial charge is 0.337 e. The van der Waals surface area contributed by atoms with Crippen molar-refractivity contribution in [2.45, 2.75) is 38.0 Å². The Morgan fingerprint density at radius 3 is 3.14 bits per heavy atom. The van der Waals surface area contributed by atoms with Crippen LogP contribution in [0, 0.1) is 6.92 Å². The van der Waals surface area contributed by atoms with Gasteiger partial charge in [-0.05, 0) is 50.3 Å². The molecule has 1 N–H and O–H groups in total. The second-order valence-electron chi connectivity index (χ2n) is 6.29. The van der Waals surface area contributed by atoms with Gasteiger partial charge in [0.2, 0.25) is 0 Å². The quantitative estimate of drug-likeness (QED) is 0.880. The number of hydrogen-bond acceptors (Lipinski definition) is 3. The second kappa shape index (κ2) is 4.70. The lowest BCUT2D eigenvalue weighted by Crippen LogP contribution is -2.47. The van der Waals surface area contributed by atoms with Crippen LogP contribution in [-0.2, 0) is 11.8 Å². The molecule has 0 aromatic carbocycles. The number of fused-ring (bicyclic) bond motifs is 2. The molecular formula is C16H19N3OS. The number of nitrogens with zero attached hydrogens (tertiary/aromatic N) is 2. The minimum absolute atomic E-state index is 0.117. The number of nitrogens with one attached hydrogen (secondary N) is 1. The van der Waals surface area contributed by atoms with E-state index >= 15 is 0 Å². The van der Waals surface area contributed by atoms with E-state index < -0.39 is 0 Å². The van der Waals surface area contributed by atoms with E-state index in [-0.39, 0.29) is 11.3 Å². The first-order chi connectivity index (χ1) is 10.2. The summed E-state index contributed by atoms with van der Waals surface area (Å²) < 4.78 is 0. The number of aryl methyl sites for hydroxylation is 2. The van der Waals surface area contributed by atoms with E-state index in [1.54, 1.807) is 11.3 Å². The van der Waals surface area contributed by atoms with Gasteiger partial charge in [-0.25, -0.2) is 0 Å². The van der Waals surface area contributed by atoms with Gasteiger partial charge in [0.25, 0.3) is 5.91 Å². The molecule has 2 aromatic rings. The van der Waals surface area contributed by atoms with Gasteiger partial charge in [-0.2, -0.15) is 5.10 Å². The molecule has 4 rings (SSSR count). The molecule has 0 bridgehead atoms.